The van der Waals surface area contributed by atoms with Crippen molar-refractivity contribution in [1.29, 1.82) is 0 Å². The number of fused-ring (bicyclic) bond motifs is 3. The standard InChI is InChI=1S/C20H17ClFN3O4/c1-10-8-23(2)19(28)15-14(10)17(26)18(27)16-20(29)24(5-6-25(15)16)9-11-3-4-13(22)12(21)7-11/h3-4,7-8,27H,5-6,9H2,1-2H3. The van der Waals surface area contributed by atoms with Crippen LogP contribution in [0.5, 0.6) is 5.75 Å². The van der Waals surface area contributed by atoms with Crippen LogP contribution in [-0.4, -0.2) is 31.6 Å². The molecule has 0 saturated heterocycles. The van der Waals surface area contributed by atoms with E-state index in [4.69, 9.17) is 11.6 Å². The summed E-state index contributed by atoms with van der Waals surface area (Å²) in [6.07, 6.45) is 1.52. The zero-order valence-corrected chi connectivity index (χ0v) is 16.5. The zero-order chi connectivity index (χ0) is 21.0. The number of hydrogen-bond acceptors (Lipinski definition) is 4. The molecule has 0 aliphatic carbocycles. The van der Waals surface area contributed by atoms with E-state index in [0.29, 0.717) is 11.1 Å². The van der Waals surface area contributed by atoms with E-state index >= 15 is 0 Å². The largest absolute Gasteiger partial charge is 0.503 e. The van der Waals surface area contributed by atoms with Crippen LogP contribution < -0.4 is 11.0 Å². The summed E-state index contributed by atoms with van der Waals surface area (Å²) in [6, 6.07) is 4.14. The molecule has 0 atom stereocenters. The van der Waals surface area contributed by atoms with Crippen molar-refractivity contribution < 1.29 is 14.3 Å². The van der Waals surface area contributed by atoms with Gasteiger partial charge in [-0.1, -0.05) is 17.7 Å². The maximum absolute atomic E-state index is 13.4. The Morgan fingerprint density at radius 2 is 1.93 bits per heavy atom. The zero-order valence-electron chi connectivity index (χ0n) is 15.7. The monoisotopic (exact) mass is 417 g/mol. The van der Waals surface area contributed by atoms with Gasteiger partial charge in [0, 0.05) is 32.9 Å². The fourth-order valence-corrected chi connectivity index (χ4v) is 4.00. The molecular formula is C20H17ClFN3O4. The second-order valence-electron chi connectivity index (χ2n) is 7.10. The first kappa shape index (κ1) is 19.2. The summed E-state index contributed by atoms with van der Waals surface area (Å²) >= 11 is 5.81. The highest BCUT2D eigenvalue weighted by molar-refractivity contribution is 6.30. The summed E-state index contributed by atoms with van der Waals surface area (Å²) in [6.45, 7) is 2.26. The van der Waals surface area contributed by atoms with Crippen molar-refractivity contribution in [3.05, 3.63) is 72.6 Å². The van der Waals surface area contributed by atoms with Gasteiger partial charge in [0.05, 0.1) is 10.4 Å². The second kappa shape index (κ2) is 6.73. The molecule has 3 heterocycles. The third-order valence-corrected chi connectivity index (χ3v) is 5.48. The normalized spacial score (nSPS) is 13.8. The van der Waals surface area contributed by atoms with Gasteiger partial charge in [0.15, 0.2) is 11.4 Å². The number of carbonyl (C=O) groups excluding carboxylic acids is 1. The lowest BCUT2D eigenvalue weighted by Gasteiger charge is -2.31. The Kier molecular flexibility index (Phi) is 4.46. The average molecular weight is 418 g/mol. The van der Waals surface area contributed by atoms with E-state index < -0.39 is 28.5 Å². The highest BCUT2D eigenvalue weighted by Crippen LogP contribution is 2.26. The summed E-state index contributed by atoms with van der Waals surface area (Å²) < 4.78 is 16.1. The molecule has 0 spiro atoms. The van der Waals surface area contributed by atoms with Gasteiger partial charge in [-0.3, -0.25) is 14.4 Å². The highest BCUT2D eigenvalue weighted by Gasteiger charge is 2.32. The lowest BCUT2D eigenvalue weighted by atomic mass is 10.1. The predicted octanol–water partition coefficient (Wildman–Crippen LogP) is 2.16. The molecule has 1 aliphatic heterocycles. The first-order valence-electron chi connectivity index (χ1n) is 8.89. The molecule has 29 heavy (non-hydrogen) atoms. The molecule has 2 aromatic heterocycles. The van der Waals surface area contributed by atoms with Crippen molar-refractivity contribution in [1.82, 2.24) is 14.0 Å². The molecule has 0 unspecified atom stereocenters. The molecule has 150 valence electrons. The van der Waals surface area contributed by atoms with Gasteiger partial charge >= 0.3 is 0 Å². The number of aromatic hydroxyl groups is 1. The van der Waals surface area contributed by atoms with Crippen LogP contribution in [0.15, 0.2) is 34.0 Å². The molecule has 3 aromatic rings. The van der Waals surface area contributed by atoms with E-state index in [1.165, 1.54) is 38.4 Å². The van der Waals surface area contributed by atoms with Crippen LogP contribution in [0.25, 0.3) is 10.9 Å². The quantitative estimate of drug-likeness (QED) is 0.692. The summed E-state index contributed by atoms with van der Waals surface area (Å²) in [5.41, 5.74) is -0.147. The van der Waals surface area contributed by atoms with Crippen LogP contribution in [0.2, 0.25) is 5.02 Å². The molecule has 0 bridgehead atoms. The van der Waals surface area contributed by atoms with Gasteiger partial charge < -0.3 is 19.1 Å². The van der Waals surface area contributed by atoms with Gasteiger partial charge in [0.25, 0.3) is 11.5 Å². The van der Waals surface area contributed by atoms with E-state index in [1.807, 2.05) is 0 Å². The molecule has 0 fully saturated rings. The Morgan fingerprint density at radius 1 is 1.21 bits per heavy atom. The van der Waals surface area contributed by atoms with E-state index in [9.17, 15) is 23.9 Å². The lowest BCUT2D eigenvalue weighted by Crippen LogP contribution is -2.42. The Balaban J connectivity index is 1.87. The van der Waals surface area contributed by atoms with Crippen LogP contribution in [0.1, 0.15) is 21.6 Å². The first-order valence-corrected chi connectivity index (χ1v) is 9.27. The number of amides is 1. The first-order chi connectivity index (χ1) is 13.7. The molecule has 4 rings (SSSR count). The van der Waals surface area contributed by atoms with Crippen molar-refractivity contribution in [3.63, 3.8) is 0 Å². The molecule has 1 aromatic carbocycles. The topological polar surface area (TPSA) is 84.5 Å². The van der Waals surface area contributed by atoms with Crippen molar-refractivity contribution in [2.24, 2.45) is 7.05 Å². The molecule has 1 amide bonds. The van der Waals surface area contributed by atoms with E-state index in [1.54, 1.807) is 14.0 Å². The van der Waals surface area contributed by atoms with Crippen molar-refractivity contribution >= 4 is 28.4 Å². The number of nitrogens with zero attached hydrogens (tertiary/aromatic N) is 3. The van der Waals surface area contributed by atoms with Gasteiger partial charge in [-0.15, -0.1) is 0 Å². The highest BCUT2D eigenvalue weighted by atomic mass is 35.5. The third-order valence-electron chi connectivity index (χ3n) is 5.19. The third kappa shape index (κ3) is 2.91. The Labute approximate surface area is 169 Å². The molecule has 1 aliphatic rings. The summed E-state index contributed by atoms with van der Waals surface area (Å²) in [4.78, 5) is 39.9. The molecule has 0 saturated carbocycles. The maximum atomic E-state index is 13.4. The van der Waals surface area contributed by atoms with Crippen molar-refractivity contribution in [2.45, 2.75) is 20.0 Å². The van der Waals surface area contributed by atoms with Gasteiger partial charge in [-0.05, 0) is 30.2 Å². The van der Waals surface area contributed by atoms with Crippen LogP contribution in [-0.2, 0) is 20.1 Å². The summed E-state index contributed by atoms with van der Waals surface area (Å²) in [5.74, 6) is -1.83. The van der Waals surface area contributed by atoms with E-state index in [2.05, 4.69) is 0 Å². The van der Waals surface area contributed by atoms with E-state index in [0.717, 1.165) is 0 Å². The molecular weight excluding hydrogens is 401 g/mol. The number of benzene rings is 1. The van der Waals surface area contributed by atoms with E-state index in [-0.39, 0.29) is 41.3 Å². The Morgan fingerprint density at radius 3 is 2.62 bits per heavy atom. The number of pyridine rings is 2. The van der Waals surface area contributed by atoms with Crippen LogP contribution >= 0.6 is 11.6 Å². The Bertz CT molecular complexity index is 1310. The smallest absolute Gasteiger partial charge is 0.274 e. The van der Waals surface area contributed by atoms with Crippen LogP contribution in [0.4, 0.5) is 4.39 Å². The fraction of sp³-hybridized carbons (Fsp3) is 0.250. The molecule has 0 radical (unpaired) electrons. The number of carbonyl (C=O) groups is 1. The molecule has 9 heteroatoms. The number of rotatable bonds is 2. The molecule has 7 nitrogen and oxygen atoms in total. The SMILES string of the molecule is Cc1cn(C)c(=O)c2c1c(=O)c(O)c1n2CCN(Cc2ccc(F)c(Cl)c2)C1=O. The van der Waals surface area contributed by atoms with Crippen molar-refractivity contribution in [2.75, 3.05) is 6.54 Å². The predicted molar refractivity (Wildman–Crippen MR) is 106 cm³/mol. The number of halogens is 2. The average Bonchev–Trinajstić information content (AvgIpc) is 2.67. The minimum absolute atomic E-state index is 0.0589. The summed E-state index contributed by atoms with van der Waals surface area (Å²) in [7, 11) is 1.56. The second-order valence-corrected chi connectivity index (χ2v) is 7.51. The van der Waals surface area contributed by atoms with Gasteiger partial charge in [0.1, 0.15) is 11.3 Å². The van der Waals surface area contributed by atoms with Crippen LogP contribution in [0.3, 0.4) is 0 Å². The van der Waals surface area contributed by atoms with Crippen LogP contribution in [0, 0.1) is 12.7 Å². The maximum Gasteiger partial charge on any atom is 0.274 e. The number of aromatic nitrogens is 2. The minimum atomic E-state index is -0.749. The number of aryl methyl sites for hydroxylation is 2. The van der Waals surface area contributed by atoms with Crippen molar-refractivity contribution in [3.8, 4) is 5.75 Å². The Hall–Kier alpha value is -3.13. The lowest BCUT2D eigenvalue weighted by molar-refractivity contribution is 0.0686. The fourth-order valence-electron chi connectivity index (χ4n) is 3.80. The van der Waals surface area contributed by atoms with Gasteiger partial charge in [-0.2, -0.15) is 0 Å². The summed E-state index contributed by atoms with van der Waals surface area (Å²) in [5, 5.41) is 10.6. The minimum Gasteiger partial charge on any atom is -0.503 e. The van der Waals surface area contributed by atoms with Gasteiger partial charge in [0.2, 0.25) is 5.43 Å². The van der Waals surface area contributed by atoms with Gasteiger partial charge in [-0.25, -0.2) is 4.39 Å². The number of hydrogen-bond donors (Lipinski definition) is 1. The molecule has 1 N–H and O–H groups in total.